The van der Waals surface area contributed by atoms with Crippen molar-refractivity contribution in [3.05, 3.63) is 47.9 Å². The van der Waals surface area contributed by atoms with Crippen LogP contribution in [0.3, 0.4) is 0 Å². The van der Waals surface area contributed by atoms with E-state index in [1.165, 1.54) is 11.0 Å². The Morgan fingerprint density at radius 2 is 1.90 bits per heavy atom. The molecule has 11 nitrogen and oxygen atoms in total. The summed E-state index contributed by atoms with van der Waals surface area (Å²) in [6.07, 6.45) is 1.47. The molecule has 3 amide bonds. The molecule has 0 aliphatic carbocycles. The summed E-state index contributed by atoms with van der Waals surface area (Å²) < 4.78 is 6.74. The third-order valence-corrected chi connectivity index (χ3v) is 4.74. The van der Waals surface area contributed by atoms with Crippen molar-refractivity contribution in [2.45, 2.75) is 45.2 Å². The van der Waals surface area contributed by atoms with Gasteiger partial charge in [-0.05, 0) is 35.0 Å². The third kappa shape index (κ3) is 3.24. The highest BCUT2D eigenvalue weighted by molar-refractivity contribution is 6.07. The first-order chi connectivity index (χ1) is 13.7. The van der Waals surface area contributed by atoms with Gasteiger partial charge >= 0.3 is 6.03 Å². The van der Waals surface area contributed by atoms with Crippen LogP contribution in [0.1, 0.15) is 45.0 Å². The fourth-order valence-electron chi connectivity index (χ4n) is 3.03. The van der Waals surface area contributed by atoms with Crippen LogP contribution >= 0.6 is 0 Å². The molecule has 150 valence electrons. The molecule has 4 rings (SSSR count). The molecule has 2 aromatic heterocycles. The first-order valence-electron chi connectivity index (χ1n) is 8.99. The van der Waals surface area contributed by atoms with Gasteiger partial charge in [-0.15, -0.1) is 5.10 Å². The minimum Gasteiger partial charge on any atom is -0.339 e. The smallest absolute Gasteiger partial charge is 0.325 e. The summed E-state index contributed by atoms with van der Waals surface area (Å²) in [5.74, 6) is 0.331. The fourth-order valence-corrected chi connectivity index (χ4v) is 3.03. The second kappa shape index (κ2) is 6.47. The summed E-state index contributed by atoms with van der Waals surface area (Å²) in [6, 6.07) is 6.54. The number of aromatic nitrogens is 6. The Kier molecular flexibility index (Phi) is 4.17. The first kappa shape index (κ1) is 18.7. The van der Waals surface area contributed by atoms with Crippen molar-refractivity contribution in [2.24, 2.45) is 0 Å². The molecule has 11 heteroatoms. The number of nitrogens with zero attached hydrogens (tertiary/aromatic N) is 7. The van der Waals surface area contributed by atoms with Gasteiger partial charge in [-0.1, -0.05) is 38.1 Å². The maximum Gasteiger partial charge on any atom is 0.325 e. The van der Waals surface area contributed by atoms with E-state index < -0.39 is 11.6 Å². The number of carbonyl (C=O) groups is 2. The van der Waals surface area contributed by atoms with Crippen molar-refractivity contribution in [2.75, 3.05) is 0 Å². The van der Waals surface area contributed by atoms with Crippen LogP contribution in [-0.4, -0.2) is 47.2 Å². The highest BCUT2D eigenvalue weighted by Gasteiger charge is 2.49. The third-order valence-electron chi connectivity index (χ3n) is 4.74. The van der Waals surface area contributed by atoms with Crippen LogP contribution in [0.15, 0.2) is 35.1 Å². The molecule has 3 aromatic rings. The topological polar surface area (TPSA) is 132 Å². The zero-order chi connectivity index (χ0) is 20.8. The lowest BCUT2D eigenvalue weighted by Gasteiger charge is -2.22. The number of imide groups is 1. The quantitative estimate of drug-likeness (QED) is 0.653. The van der Waals surface area contributed by atoms with Gasteiger partial charge in [0.1, 0.15) is 11.9 Å². The number of hydrogen-bond donors (Lipinski definition) is 1. The van der Waals surface area contributed by atoms with Gasteiger partial charge < -0.3 is 9.84 Å². The van der Waals surface area contributed by atoms with Gasteiger partial charge in [0.15, 0.2) is 5.82 Å². The molecule has 1 aliphatic heterocycles. The van der Waals surface area contributed by atoms with Crippen molar-refractivity contribution >= 4 is 11.9 Å². The Morgan fingerprint density at radius 3 is 2.48 bits per heavy atom. The van der Waals surface area contributed by atoms with E-state index in [1.807, 2.05) is 20.8 Å². The molecule has 3 heterocycles. The average Bonchev–Trinajstić information content (AvgIpc) is 3.40. The number of hydrogen-bond acceptors (Lipinski definition) is 8. The Bertz CT molecular complexity index is 1050. The van der Waals surface area contributed by atoms with Crippen LogP contribution in [0.2, 0.25) is 0 Å². The normalized spacial score (nSPS) is 19.7. The highest BCUT2D eigenvalue weighted by Crippen LogP contribution is 2.30. The van der Waals surface area contributed by atoms with E-state index in [0.717, 1.165) is 10.6 Å². The predicted molar refractivity (Wildman–Crippen MR) is 98.6 cm³/mol. The van der Waals surface area contributed by atoms with Crippen LogP contribution in [0.4, 0.5) is 4.79 Å². The summed E-state index contributed by atoms with van der Waals surface area (Å²) in [5, 5.41) is 17.7. The standard InChI is InChI=1S/C18H20N8O3/c1-17(2,3)14-20-13(22-29-14)9-25-15(27)18(4,21-16(25)28)11-5-7-12(8-6-11)26-10-19-23-24-26/h5-8,10H,9H2,1-4H3,(H,21,28)/t18-/m0/s1. The van der Waals surface area contributed by atoms with Crippen LogP contribution in [-0.2, 0) is 22.3 Å². The number of benzene rings is 1. The molecule has 0 spiro atoms. The summed E-state index contributed by atoms with van der Waals surface area (Å²) >= 11 is 0. The van der Waals surface area contributed by atoms with E-state index in [4.69, 9.17) is 4.52 Å². The number of amides is 3. The molecule has 29 heavy (non-hydrogen) atoms. The number of nitrogens with one attached hydrogen (secondary N) is 1. The van der Waals surface area contributed by atoms with Gasteiger partial charge in [0.25, 0.3) is 5.91 Å². The van der Waals surface area contributed by atoms with E-state index in [1.54, 1.807) is 31.2 Å². The van der Waals surface area contributed by atoms with Gasteiger partial charge in [0, 0.05) is 5.41 Å². The Morgan fingerprint density at radius 1 is 1.17 bits per heavy atom. The monoisotopic (exact) mass is 396 g/mol. The van der Waals surface area contributed by atoms with Crippen LogP contribution in [0, 0.1) is 0 Å². The predicted octanol–water partition coefficient (Wildman–Crippen LogP) is 1.31. The Labute approximate surface area is 166 Å². The lowest BCUT2D eigenvalue weighted by atomic mass is 9.92. The molecular weight excluding hydrogens is 376 g/mol. The largest absolute Gasteiger partial charge is 0.339 e. The molecule has 0 radical (unpaired) electrons. The van der Waals surface area contributed by atoms with Crippen molar-refractivity contribution in [3.63, 3.8) is 0 Å². The molecule has 1 N–H and O–H groups in total. The zero-order valence-corrected chi connectivity index (χ0v) is 16.4. The van der Waals surface area contributed by atoms with Crippen molar-refractivity contribution in [1.82, 2.24) is 40.6 Å². The van der Waals surface area contributed by atoms with Crippen LogP contribution in [0.5, 0.6) is 0 Å². The van der Waals surface area contributed by atoms with E-state index in [2.05, 4.69) is 31.0 Å². The number of rotatable bonds is 4. The second-order valence-corrected chi connectivity index (χ2v) is 8.01. The van der Waals surface area contributed by atoms with Gasteiger partial charge in [-0.3, -0.25) is 9.69 Å². The summed E-state index contributed by atoms with van der Waals surface area (Å²) in [4.78, 5) is 31.0. The van der Waals surface area contributed by atoms with E-state index in [-0.39, 0.29) is 23.7 Å². The minimum atomic E-state index is -1.20. The number of carbonyl (C=O) groups excluding carboxylic acids is 2. The fraction of sp³-hybridized carbons (Fsp3) is 0.389. The van der Waals surface area contributed by atoms with Crippen molar-refractivity contribution < 1.29 is 14.1 Å². The number of urea groups is 1. The van der Waals surface area contributed by atoms with Gasteiger partial charge in [0.05, 0.1) is 12.2 Å². The Hall–Kier alpha value is -3.63. The first-order valence-corrected chi connectivity index (χ1v) is 8.99. The second-order valence-electron chi connectivity index (χ2n) is 8.01. The van der Waals surface area contributed by atoms with Gasteiger partial charge in [-0.25, -0.2) is 9.48 Å². The molecule has 0 unspecified atom stereocenters. The SMILES string of the molecule is CC(C)(C)c1nc(CN2C(=O)N[C@@](C)(c3ccc(-n4cnnn4)cc3)C2=O)no1. The summed E-state index contributed by atoms with van der Waals surface area (Å²) in [5.41, 5.74) is -0.151. The molecule has 1 fully saturated rings. The van der Waals surface area contributed by atoms with Gasteiger partial charge in [-0.2, -0.15) is 4.98 Å². The average molecular weight is 396 g/mol. The van der Waals surface area contributed by atoms with Gasteiger partial charge in [0.2, 0.25) is 5.89 Å². The van der Waals surface area contributed by atoms with Crippen LogP contribution < -0.4 is 5.32 Å². The van der Waals surface area contributed by atoms with E-state index >= 15 is 0 Å². The van der Waals surface area contributed by atoms with E-state index in [0.29, 0.717) is 11.5 Å². The van der Waals surface area contributed by atoms with E-state index in [9.17, 15) is 9.59 Å². The highest BCUT2D eigenvalue weighted by atomic mass is 16.5. The molecule has 1 aromatic carbocycles. The maximum absolute atomic E-state index is 13.1. The molecule has 1 atom stereocenters. The molecule has 0 bridgehead atoms. The van der Waals surface area contributed by atoms with Crippen molar-refractivity contribution in [3.8, 4) is 5.69 Å². The molecular formula is C18H20N8O3. The molecule has 1 aliphatic rings. The molecule has 0 saturated carbocycles. The van der Waals surface area contributed by atoms with Crippen LogP contribution in [0.25, 0.3) is 5.69 Å². The lowest BCUT2D eigenvalue weighted by molar-refractivity contribution is -0.131. The summed E-state index contributed by atoms with van der Waals surface area (Å²) in [6.45, 7) is 7.41. The Balaban J connectivity index is 1.56. The maximum atomic E-state index is 13.1. The lowest BCUT2D eigenvalue weighted by Crippen LogP contribution is -2.40. The van der Waals surface area contributed by atoms with Crippen molar-refractivity contribution in [1.29, 1.82) is 0 Å². The summed E-state index contributed by atoms with van der Waals surface area (Å²) in [7, 11) is 0. The molecule has 1 saturated heterocycles. The zero-order valence-electron chi connectivity index (χ0n) is 16.4. The number of tetrazole rings is 1. The minimum absolute atomic E-state index is 0.0669.